The zero-order valence-corrected chi connectivity index (χ0v) is 19.1. The number of ketones is 1. The van der Waals surface area contributed by atoms with E-state index in [0.29, 0.717) is 29.7 Å². The van der Waals surface area contributed by atoms with Crippen LogP contribution in [-0.4, -0.2) is 24.0 Å². The van der Waals surface area contributed by atoms with Gasteiger partial charge in [-0.05, 0) is 94.1 Å². The number of aromatic hydroxyl groups is 1. The molecule has 0 bridgehead atoms. The van der Waals surface area contributed by atoms with Gasteiger partial charge in [0.1, 0.15) is 11.5 Å². The van der Waals surface area contributed by atoms with Crippen molar-refractivity contribution >= 4 is 17.5 Å². The van der Waals surface area contributed by atoms with Gasteiger partial charge >= 0.3 is 0 Å². The van der Waals surface area contributed by atoms with Crippen molar-refractivity contribution in [1.29, 1.82) is 0 Å². The van der Waals surface area contributed by atoms with Crippen LogP contribution in [0.4, 0.5) is 5.69 Å². The molecule has 4 nitrogen and oxygen atoms in total. The maximum absolute atomic E-state index is 12.7. The first kappa shape index (κ1) is 24.0. The zero-order chi connectivity index (χ0) is 22.8. The number of phenolic OH excluding ortho intramolecular Hbond substituents is 1. The largest absolute Gasteiger partial charge is 0.507 e. The number of hydrogen-bond donors (Lipinski definition) is 2. The Morgan fingerprint density at radius 2 is 1.68 bits per heavy atom. The highest BCUT2D eigenvalue weighted by Gasteiger charge is 2.18. The summed E-state index contributed by atoms with van der Waals surface area (Å²) in [4.78, 5) is 12.7. The summed E-state index contributed by atoms with van der Waals surface area (Å²) in [5.41, 5.74) is 3.85. The smallest absolute Gasteiger partial charge is 0.185 e. The van der Waals surface area contributed by atoms with Gasteiger partial charge in [-0.1, -0.05) is 24.3 Å². The maximum Gasteiger partial charge on any atom is 0.185 e. The predicted molar refractivity (Wildman–Crippen MR) is 130 cm³/mol. The number of nitrogens with one attached hydrogen (secondary N) is 1. The third kappa shape index (κ3) is 6.61. The highest BCUT2D eigenvalue weighted by Crippen LogP contribution is 2.38. The van der Waals surface area contributed by atoms with Gasteiger partial charge in [0.15, 0.2) is 5.78 Å². The van der Waals surface area contributed by atoms with Crippen molar-refractivity contribution in [3.05, 3.63) is 83.0 Å². The molecule has 164 valence electrons. The molecule has 0 fully saturated rings. The standard InChI is InChI=1S/C27H33NO3/c1-6-8-10-21-18-22(11-9-7-2)27(31-19(3)4)24(26(21)30)16-17-25(29)20-12-14-23(28-5)15-13-20/h6-9,12-19,28,30H,10-11H2,1-5H3/b8-6+,9-7+,17-16+. The number of ether oxygens (including phenoxy) is 1. The van der Waals surface area contributed by atoms with Crippen molar-refractivity contribution in [3.8, 4) is 11.5 Å². The number of carbonyl (C=O) groups excluding carboxylic acids is 1. The van der Waals surface area contributed by atoms with Crippen LogP contribution < -0.4 is 10.1 Å². The average molecular weight is 420 g/mol. The van der Waals surface area contributed by atoms with Gasteiger partial charge in [-0.25, -0.2) is 0 Å². The number of hydrogen-bond acceptors (Lipinski definition) is 4. The molecule has 4 heteroatoms. The summed E-state index contributed by atoms with van der Waals surface area (Å²) in [7, 11) is 1.84. The Morgan fingerprint density at radius 1 is 1.06 bits per heavy atom. The van der Waals surface area contributed by atoms with E-state index in [1.54, 1.807) is 18.2 Å². The Balaban J connectivity index is 2.54. The van der Waals surface area contributed by atoms with E-state index in [2.05, 4.69) is 11.4 Å². The maximum atomic E-state index is 12.7. The molecule has 0 aliphatic heterocycles. The summed E-state index contributed by atoms with van der Waals surface area (Å²) in [5, 5.41) is 14.0. The van der Waals surface area contributed by atoms with Gasteiger partial charge in [-0.3, -0.25) is 4.79 Å². The lowest BCUT2D eigenvalue weighted by Crippen LogP contribution is -2.10. The number of anilines is 1. The Kier molecular flexibility index (Phi) is 9.13. The molecule has 0 saturated heterocycles. The predicted octanol–water partition coefficient (Wildman–Crippen LogP) is 6.35. The Bertz CT molecular complexity index is 967. The number of allylic oxidation sites excluding steroid dienone is 5. The minimum absolute atomic E-state index is 0.0675. The second-order valence-electron chi connectivity index (χ2n) is 7.52. The Hall–Kier alpha value is -3.27. The molecule has 0 spiro atoms. The van der Waals surface area contributed by atoms with Gasteiger partial charge in [0.25, 0.3) is 0 Å². The van der Waals surface area contributed by atoms with Gasteiger partial charge in [0.05, 0.1) is 11.7 Å². The molecule has 0 saturated carbocycles. The van der Waals surface area contributed by atoms with Crippen LogP contribution in [0.5, 0.6) is 11.5 Å². The summed E-state index contributed by atoms with van der Waals surface area (Å²) < 4.78 is 6.10. The molecule has 0 aromatic heterocycles. The average Bonchev–Trinajstić information content (AvgIpc) is 2.77. The van der Waals surface area contributed by atoms with E-state index in [4.69, 9.17) is 4.74 Å². The molecule has 2 N–H and O–H groups in total. The lowest BCUT2D eigenvalue weighted by Gasteiger charge is -2.19. The Morgan fingerprint density at radius 3 is 2.23 bits per heavy atom. The fourth-order valence-electron chi connectivity index (χ4n) is 3.18. The van der Waals surface area contributed by atoms with Gasteiger partial charge in [-0.15, -0.1) is 0 Å². The molecule has 0 unspecified atom stereocenters. The second-order valence-corrected chi connectivity index (χ2v) is 7.52. The van der Waals surface area contributed by atoms with Crippen molar-refractivity contribution in [1.82, 2.24) is 0 Å². The van der Waals surface area contributed by atoms with Crippen LogP contribution >= 0.6 is 0 Å². The van der Waals surface area contributed by atoms with Crippen LogP contribution in [0.2, 0.25) is 0 Å². The third-order valence-electron chi connectivity index (χ3n) is 4.80. The molecule has 0 heterocycles. The van der Waals surface area contributed by atoms with Crippen molar-refractivity contribution in [3.63, 3.8) is 0 Å². The number of rotatable bonds is 10. The van der Waals surface area contributed by atoms with Crippen molar-refractivity contribution < 1.29 is 14.6 Å². The summed E-state index contributed by atoms with van der Waals surface area (Å²) in [5.74, 6) is 0.628. The van der Waals surface area contributed by atoms with Crippen LogP contribution in [0.15, 0.2) is 60.7 Å². The van der Waals surface area contributed by atoms with Gasteiger partial charge in [0, 0.05) is 18.3 Å². The van der Waals surface area contributed by atoms with Crippen LogP contribution in [0.3, 0.4) is 0 Å². The first-order chi connectivity index (χ1) is 14.9. The van der Waals surface area contributed by atoms with Crippen LogP contribution in [-0.2, 0) is 12.8 Å². The SMILES string of the molecule is C/C=C/Cc1cc(C/C=C/C)c(OC(C)C)c(/C=C/C(=O)c2ccc(NC)cc2)c1O. The van der Waals surface area contributed by atoms with Crippen LogP contribution in [0.1, 0.15) is 54.7 Å². The van der Waals surface area contributed by atoms with Crippen molar-refractivity contribution in [2.24, 2.45) is 0 Å². The minimum atomic E-state index is -0.133. The lowest BCUT2D eigenvalue weighted by atomic mass is 9.96. The molecule has 0 amide bonds. The fraction of sp³-hybridized carbons (Fsp3) is 0.296. The highest BCUT2D eigenvalue weighted by molar-refractivity contribution is 6.07. The first-order valence-corrected chi connectivity index (χ1v) is 10.7. The van der Waals surface area contributed by atoms with E-state index in [0.717, 1.165) is 16.8 Å². The zero-order valence-electron chi connectivity index (χ0n) is 19.1. The molecule has 0 aliphatic rings. The Labute approximate surface area is 186 Å². The van der Waals surface area contributed by atoms with E-state index in [1.165, 1.54) is 6.08 Å². The second kappa shape index (κ2) is 11.8. The van der Waals surface area contributed by atoms with Crippen LogP contribution in [0.25, 0.3) is 6.08 Å². The molecule has 0 aliphatic carbocycles. The number of carbonyl (C=O) groups is 1. The van der Waals surface area contributed by atoms with Crippen molar-refractivity contribution in [2.45, 2.75) is 46.6 Å². The van der Waals surface area contributed by atoms with Gasteiger partial charge in [-0.2, -0.15) is 0 Å². The highest BCUT2D eigenvalue weighted by atomic mass is 16.5. The number of benzene rings is 2. The molecular weight excluding hydrogens is 386 g/mol. The minimum Gasteiger partial charge on any atom is -0.507 e. The molecule has 31 heavy (non-hydrogen) atoms. The van der Waals surface area contributed by atoms with E-state index in [9.17, 15) is 9.90 Å². The normalized spacial score (nSPS) is 11.8. The summed E-state index contributed by atoms with van der Waals surface area (Å²) in [6.07, 6.45) is 12.4. The van der Waals surface area contributed by atoms with E-state index in [1.807, 2.05) is 71.2 Å². The van der Waals surface area contributed by atoms with Crippen molar-refractivity contribution in [2.75, 3.05) is 12.4 Å². The molecule has 2 aromatic carbocycles. The van der Waals surface area contributed by atoms with Gasteiger partial charge in [0.2, 0.25) is 0 Å². The van der Waals surface area contributed by atoms with Crippen LogP contribution in [0, 0.1) is 0 Å². The first-order valence-electron chi connectivity index (χ1n) is 10.7. The number of phenols is 1. The topological polar surface area (TPSA) is 58.6 Å². The monoisotopic (exact) mass is 419 g/mol. The van der Waals surface area contributed by atoms with E-state index in [-0.39, 0.29) is 17.6 Å². The summed E-state index contributed by atoms with van der Waals surface area (Å²) in [6.45, 7) is 7.83. The molecule has 2 aromatic rings. The fourth-order valence-corrected chi connectivity index (χ4v) is 3.18. The molecule has 0 atom stereocenters. The summed E-state index contributed by atoms with van der Waals surface area (Å²) >= 11 is 0. The lowest BCUT2D eigenvalue weighted by molar-refractivity contribution is 0.104. The summed E-state index contributed by atoms with van der Waals surface area (Å²) in [6, 6.07) is 9.27. The van der Waals surface area contributed by atoms with E-state index >= 15 is 0 Å². The third-order valence-corrected chi connectivity index (χ3v) is 4.80. The molecule has 0 radical (unpaired) electrons. The van der Waals surface area contributed by atoms with E-state index < -0.39 is 0 Å². The molecule has 2 rings (SSSR count). The quantitative estimate of drug-likeness (QED) is 0.267. The molecular formula is C27H33NO3. The van der Waals surface area contributed by atoms with Gasteiger partial charge < -0.3 is 15.2 Å².